The Bertz CT molecular complexity index is 800. The highest BCUT2D eigenvalue weighted by atomic mass is 32.2. The highest BCUT2D eigenvalue weighted by molar-refractivity contribution is 7.95. The summed E-state index contributed by atoms with van der Waals surface area (Å²) >= 11 is 0. The monoisotopic (exact) mass is 341 g/mol. The number of halogens is 3. The second-order valence-corrected chi connectivity index (χ2v) is 6.84. The Morgan fingerprint density at radius 3 is 2.30 bits per heavy atom. The molecule has 122 valence electrons. The van der Waals surface area contributed by atoms with Gasteiger partial charge in [-0.25, -0.2) is 8.42 Å². The minimum absolute atomic E-state index is 0.0934. The number of sulfone groups is 1. The van der Waals surface area contributed by atoms with Gasteiger partial charge in [0.1, 0.15) is 0 Å². The van der Waals surface area contributed by atoms with Gasteiger partial charge in [0, 0.05) is 5.69 Å². The molecule has 0 aromatic heterocycles. The van der Waals surface area contributed by atoms with Crippen molar-refractivity contribution in [1.82, 2.24) is 0 Å². The first-order chi connectivity index (χ1) is 10.7. The van der Waals surface area contributed by atoms with Crippen molar-refractivity contribution >= 4 is 15.5 Å². The van der Waals surface area contributed by atoms with Crippen LogP contribution in [-0.4, -0.2) is 15.0 Å². The van der Waals surface area contributed by atoms with Crippen molar-refractivity contribution in [3.8, 4) is 0 Å². The second kappa shape index (κ2) is 6.45. The fourth-order valence-corrected chi connectivity index (χ4v) is 2.98. The fourth-order valence-electron chi connectivity index (χ4n) is 1.87. The molecule has 2 aromatic rings. The third-order valence-electron chi connectivity index (χ3n) is 3.11. The van der Waals surface area contributed by atoms with E-state index in [4.69, 9.17) is 0 Å². The van der Waals surface area contributed by atoms with E-state index in [1.807, 2.05) is 0 Å². The number of benzene rings is 2. The molecule has 0 spiro atoms. The summed E-state index contributed by atoms with van der Waals surface area (Å²) in [4.78, 5) is -0.0306. The van der Waals surface area contributed by atoms with E-state index in [2.05, 4.69) is 11.9 Å². The summed E-state index contributed by atoms with van der Waals surface area (Å²) in [6.45, 7) is 3.33. The van der Waals surface area contributed by atoms with Crippen molar-refractivity contribution in [3.63, 3.8) is 0 Å². The van der Waals surface area contributed by atoms with Gasteiger partial charge in [0.25, 0.3) is 0 Å². The van der Waals surface area contributed by atoms with Gasteiger partial charge >= 0.3 is 6.18 Å². The summed E-state index contributed by atoms with van der Waals surface area (Å²) in [5, 5.41) is 2.65. The molecule has 0 saturated carbocycles. The second-order valence-electron chi connectivity index (χ2n) is 4.79. The average molecular weight is 341 g/mol. The molecule has 7 heteroatoms. The molecule has 2 rings (SSSR count). The van der Waals surface area contributed by atoms with Crippen LogP contribution in [0.5, 0.6) is 0 Å². The van der Waals surface area contributed by atoms with E-state index in [0.29, 0.717) is 0 Å². The molecule has 2 aromatic carbocycles. The van der Waals surface area contributed by atoms with E-state index in [1.165, 1.54) is 24.3 Å². The molecular formula is C16H14F3NO2S. The van der Waals surface area contributed by atoms with Gasteiger partial charge in [0.05, 0.1) is 21.9 Å². The summed E-state index contributed by atoms with van der Waals surface area (Å²) in [6, 6.07) is 12.3. The minimum Gasteiger partial charge on any atom is -0.380 e. The molecule has 0 saturated heterocycles. The van der Waals surface area contributed by atoms with Gasteiger partial charge in [0.2, 0.25) is 9.84 Å². The van der Waals surface area contributed by atoms with Crippen LogP contribution in [0.4, 0.5) is 18.9 Å². The van der Waals surface area contributed by atoms with Crippen LogP contribution in [0.15, 0.2) is 71.0 Å². The molecule has 0 unspecified atom stereocenters. The zero-order chi connectivity index (χ0) is 17.1. The molecule has 1 N–H and O–H groups in total. The molecule has 23 heavy (non-hydrogen) atoms. The van der Waals surface area contributed by atoms with Gasteiger partial charge in [-0.1, -0.05) is 30.8 Å². The van der Waals surface area contributed by atoms with Crippen LogP contribution in [0.25, 0.3) is 0 Å². The minimum atomic E-state index is -4.45. The third kappa shape index (κ3) is 4.13. The summed E-state index contributed by atoms with van der Waals surface area (Å²) in [6.07, 6.45) is -4.45. The molecule has 0 aliphatic rings. The van der Waals surface area contributed by atoms with E-state index in [-0.39, 0.29) is 22.0 Å². The average Bonchev–Trinajstić information content (AvgIpc) is 2.53. The number of rotatable bonds is 5. The van der Waals surface area contributed by atoms with E-state index < -0.39 is 21.6 Å². The first kappa shape index (κ1) is 17.1. The van der Waals surface area contributed by atoms with Crippen LogP contribution in [0.1, 0.15) is 5.56 Å². The smallest absolute Gasteiger partial charge is 0.380 e. The Morgan fingerprint density at radius 2 is 1.70 bits per heavy atom. The molecule has 0 heterocycles. The van der Waals surface area contributed by atoms with E-state index in [9.17, 15) is 21.6 Å². The lowest BCUT2D eigenvalue weighted by molar-refractivity contribution is -0.137. The zero-order valence-corrected chi connectivity index (χ0v) is 12.8. The van der Waals surface area contributed by atoms with Crippen LogP contribution in [0.2, 0.25) is 0 Å². The van der Waals surface area contributed by atoms with Crippen molar-refractivity contribution in [2.45, 2.75) is 11.1 Å². The summed E-state index contributed by atoms with van der Waals surface area (Å²) in [7, 11) is -3.73. The number of hydrogen-bond acceptors (Lipinski definition) is 3. The topological polar surface area (TPSA) is 46.2 Å². The molecule has 0 amide bonds. The molecule has 0 radical (unpaired) electrons. The zero-order valence-electron chi connectivity index (χ0n) is 12.0. The normalized spacial score (nSPS) is 12.0. The van der Waals surface area contributed by atoms with E-state index >= 15 is 0 Å². The maximum absolute atomic E-state index is 12.6. The van der Waals surface area contributed by atoms with Crippen LogP contribution in [0.3, 0.4) is 0 Å². The maximum Gasteiger partial charge on any atom is 0.416 e. The summed E-state index contributed by atoms with van der Waals surface area (Å²) in [5.74, 6) is 0. The van der Waals surface area contributed by atoms with Gasteiger partial charge in [-0.2, -0.15) is 13.2 Å². The van der Waals surface area contributed by atoms with Crippen LogP contribution in [-0.2, 0) is 16.0 Å². The van der Waals surface area contributed by atoms with Crippen LogP contribution < -0.4 is 5.32 Å². The molecule has 3 nitrogen and oxygen atoms in total. The Morgan fingerprint density at radius 1 is 1.04 bits per heavy atom. The predicted octanol–water partition coefficient (Wildman–Crippen LogP) is 4.10. The molecule has 0 aliphatic heterocycles. The van der Waals surface area contributed by atoms with E-state index in [1.54, 1.807) is 18.2 Å². The summed E-state index contributed by atoms with van der Waals surface area (Å²) in [5.41, 5.74) is -0.636. The van der Waals surface area contributed by atoms with Crippen molar-refractivity contribution in [3.05, 3.63) is 71.6 Å². The van der Waals surface area contributed by atoms with Gasteiger partial charge in [-0.3, -0.25) is 0 Å². The van der Waals surface area contributed by atoms with E-state index in [0.717, 1.165) is 12.1 Å². The van der Waals surface area contributed by atoms with Crippen LogP contribution >= 0.6 is 0 Å². The lowest BCUT2D eigenvalue weighted by Crippen LogP contribution is -2.13. The third-order valence-corrected chi connectivity index (χ3v) is 4.91. The Hall–Kier alpha value is -2.28. The predicted molar refractivity (Wildman–Crippen MR) is 82.7 cm³/mol. The van der Waals surface area contributed by atoms with Crippen molar-refractivity contribution < 1.29 is 21.6 Å². The highest BCUT2D eigenvalue weighted by Crippen LogP contribution is 2.30. The lowest BCUT2D eigenvalue weighted by Gasteiger charge is -2.12. The Balaban J connectivity index is 2.11. The standard InChI is InChI=1S/C16H14F3NO2S/c1-12(23(21,22)15-8-3-2-4-9-15)11-20-14-7-5-6-13(10-14)16(17,18)19/h2-10,20H,1,11H2. The molecule has 0 fully saturated rings. The number of anilines is 1. The molecule has 0 atom stereocenters. The van der Waals surface area contributed by atoms with Gasteiger partial charge in [0.15, 0.2) is 0 Å². The number of hydrogen-bond donors (Lipinski definition) is 1. The SMILES string of the molecule is C=C(CNc1cccc(C(F)(F)F)c1)S(=O)(=O)c1ccccc1. The number of nitrogens with one attached hydrogen (secondary N) is 1. The summed E-state index contributed by atoms with van der Waals surface area (Å²) < 4.78 is 62.4. The molecule has 0 aliphatic carbocycles. The van der Waals surface area contributed by atoms with Gasteiger partial charge in [-0.05, 0) is 30.3 Å². The molecular weight excluding hydrogens is 327 g/mol. The first-order valence-electron chi connectivity index (χ1n) is 6.60. The molecule has 0 bridgehead atoms. The lowest BCUT2D eigenvalue weighted by atomic mass is 10.2. The van der Waals surface area contributed by atoms with Gasteiger partial charge < -0.3 is 5.32 Å². The van der Waals surface area contributed by atoms with Crippen molar-refractivity contribution in [2.75, 3.05) is 11.9 Å². The Kier molecular flexibility index (Phi) is 4.79. The maximum atomic E-state index is 12.6. The largest absolute Gasteiger partial charge is 0.416 e. The quantitative estimate of drug-likeness (QED) is 0.890. The number of alkyl halides is 3. The highest BCUT2D eigenvalue weighted by Gasteiger charge is 2.30. The van der Waals surface area contributed by atoms with Gasteiger partial charge in [-0.15, -0.1) is 0 Å². The fraction of sp³-hybridized carbons (Fsp3) is 0.125. The Labute approximate surface area is 132 Å². The first-order valence-corrected chi connectivity index (χ1v) is 8.08. The van der Waals surface area contributed by atoms with Crippen LogP contribution in [0, 0.1) is 0 Å². The van der Waals surface area contributed by atoms with Crippen molar-refractivity contribution in [1.29, 1.82) is 0 Å². The van der Waals surface area contributed by atoms with Crippen molar-refractivity contribution in [2.24, 2.45) is 0 Å².